The molecule has 4 atom stereocenters. The van der Waals surface area contributed by atoms with Gasteiger partial charge in [-0.25, -0.2) is 0 Å². The van der Waals surface area contributed by atoms with Crippen LogP contribution in [0.3, 0.4) is 0 Å². The molecule has 5 nitrogen and oxygen atoms in total. The molecule has 0 aliphatic carbocycles. The number of rotatable bonds is 2. The maximum Gasteiger partial charge on any atom is 0.173 e. The molecule has 12 heavy (non-hydrogen) atoms. The number of hydrogen-bond acceptors (Lipinski definition) is 5. The fourth-order valence-corrected chi connectivity index (χ4v) is 1.36. The lowest BCUT2D eigenvalue weighted by Gasteiger charge is -2.34. The van der Waals surface area contributed by atoms with Crippen molar-refractivity contribution in [1.82, 2.24) is 0 Å². The molecule has 1 rings (SSSR count). The Morgan fingerprint density at radius 3 is 2.67 bits per heavy atom. The predicted molar refractivity (Wildman–Crippen MR) is 42.4 cm³/mol. The zero-order valence-electron chi connectivity index (χ0n) is 6.26. The normalized spacial score (nSPS) is 43.0. The summed E-state index contributed by atoms with van der Waals surface area (Å²) in [6, 6.07) is 0. The minimum atomic E-state index is -1.05. The molecule has 0 radical (unpaired) electrons. The molecular weight excluding hydrogens is 232 g/mol. The van der Waals surface area contributed by atoms with Gasteiger partial charge in [-0.1, -0.05) is 0 Å². The molecule has 1 heterocycles. The Morgan fingerprint density at radius 2 is 2.17 bits per heavy atom. The zero-order valence-corrected chi connectivity index (χ0v) is 7.85. The van der Waals surface area contributed by atoms with Crippen molar-refractivity contribution >= 4 is 16.3 Å². The summed E-state index contributed by atoms with van der Waals surface area (Å²) in [6.45, 7) is -0.342. The summed E-state index contributed by atoms with van der Waals surface area (Å²) < 4.78 is 9.69. The van der Waals surface area contributed by atoms with Gasteiger partial charge in [-0.2, -0.15) is 0 Å². The molecule has 0 amide bonds. The molecule has 72 valence electrons. The SMILES string of the molecule is OC[C@H]1O[C@H](OBr)C[C@@H](O)[C@@H]1O. The van der Waals surface area contributed by atoms with Gasteiger partial charge in [0.05, 0.1) is 12.7 Å². The number of halogens is 1. The Kier molecular flexibility index (Phi) is 3.88. The molecule has 0 aromatic heterocycles. The molecule has 0 bridgehead atoms. The highest BCUT2D eigenvalue weighted by molar-refractivity contribution is 9.06. The smallest absolute Gasteiger partial charge is 0.173 e. The van der Waals surface area contributed by atoms with E-state index < -0.39 is 24.6 Å². The van der Waals surface area contributed by atoms with Crippen LogP contribution in [-0.4, -0.2) is 46.5 Å². The van der Waals surface area contributed by atoms with Crippen LogP contribution in [-0.2, 0) is 8.57 Å². The molecule has 0 spiro atoms. The first-order chi connectivity index (χ1) is 5.69. The van der Waals surface area contributed by atoms with Crippen molar-refractivity contribution < 1.29 is 23.9 Å². The van der Waals surface area contributed by atoms with Crippen LogP contribution in [0.4, 0.5) is 0 Å². The Morgan fingerprint density at radius 1 is 1.50 bits per heavy atom. The highest BCUT2D eigenvalue weighted by atomic mass is 79.9. The highest BCUT2D eigenvalue weighted by Crippen LogP contribution is 2.21. The van der Waals surface area contributed by atoms with Gasteiger partial charge >= 0.3 is 0 Å². The standard InChI is InChI=1S/C6H11BrO5/c7-12-5-1-3(9)6(10)4(2-8)11-5/h3-6,8-10H,1-2H2/t3-,4-,5-,6+/m1/s1. The quantitative estimate of drug-likeness (QED) is 0.588. The van der Waals surface area contributed by atoms with Gasteiger partial charge in [0.1, 0.15) is 28.5 Å². The van der Waals surface area contributed by atoms with Crippen molar-refractivity contribution in [2.24, 2.45) is 0 Å². The van der Waals surface area contributed by atoms with Crippen molar-refractivity contribution in [3.63, 3.8) is 0 Å². The Labute approximate surface area is 78.4 Å². The third-order valence-corrected chi connectivity index (χ3v) is 2.23. The lowest BCUT2D eigenvalue weighted by atomic mass is 10.0. The summed E-state index contributed by atoms with van der Waals surface area (Å²) >= 11 is 2.72. The van der Waals surface area contributed by atoms with Gasteiger partial charge in [-0.3, -0.25) is 3.83 Å². The lowest BCUT2D eigenvalue weighted by Crippen LogP contribution is -2.49. The third-order valence-electron chi connectivity index (χ3n) is 1.81. The van der Waals surface area contributed by atoms with Crippen LogP contribution in [0, 0.1) is 0 Å². The fourth-order valence-electron chi connectivity index (χ4n) is 1.12. The Bertz CT molecular complexity index is 144. The van der Waals surface area contributed by atoms with Crippen LogP contribution in [0.2, 0.25) is 0 Å². The molecular formula is C6H11BrO5. The van der Waals surface area contributed by atoms with E-state index in [1.165, 1.54) is 0 Å². The van der Waals surface area contributed by atoms with Crippen molar-refractivity contribution in [3.8, 4) is 0 Å². The predicted octanol–water partition coefficient (Wildman–Crippen LogP) is -0.858. The molecule has 0 unspecified atom stereocenters. The first-order valence-electron chi connectivity index (χ1n) is 3.59. The second-order valence-electron chi connectivity index (χ2n) is 2.67. The number of hydrogen-bond donors (Lipinski definition) is 3. The molecule has 3 N–H and O–H groups in total. The van der Waals surface area contributed by atoms with Crippen LogP contribution in [0.1, 0.15) is 6.42 Å². The van der Waals surface area contributed by atoms with E-state index in [1.807, 2.05) is 0 Å². The van der Waals surface area contributed by atoms with E-state index in [0.29, 0.717) is 0 Å². The van der Waals surface area contributed by atoms with E-state index in [0.717, 1.165) is 0 Å². The average Bonchev–Trinajstić information content (AvgIpc) is 2.09. The molecule has 6 heteroatoms. The van der Waals surface area contributed by atoms with Crippen LogP contribution in [0.5, 0.6) is 0 Å². The van der Waals surface area contributed by atoms with Gasteiger partial charge in [-0.05, 0) is 0 Å². The van der Waals surface area contributed by atoms with E-state index >= 15 is 0 Å². The maximum atomic E-state index is 9.24. The summed E-state index contributed by atoms with van der Waals surface area (Å²) in [5, 5.41) is 27.2. The lowest BCUT2D eigenvalue weighted by molar-refractivity contribution is -0.223. The van der Waals surface area contributed by atoms with E-state index in [-0.39, 0.29) is 13.0 Å². The van der Waals surface area contributed by atoms with Gasteiger partial charge in [-0.15, -0.1) is 0 Å². The first kappa shape index (κ1) is 10.4. The van der Waals surface area contributed by atoms with Crippen LogP contribution in [0.25, 0.3) is 0 Å². The van der Waals surface area contributed by atoms with E-state index in [9.17, 15) is 10.2 Å². The van der Waals surface area contributed by atoms with Crippen molar-refractivity contribution in [2.45, 2.75) is 31.0 Å². The molecule has 1 aliphatic rings. The molecule has 0 aromatic rings. The topological polar surface area (TPSA) is 79.2 Å². The Balaban J connectivity index is 2.52. The van der Waals surface area contributed by atoms with Gasteiger partial charge in [0.15, 0.2) is 6.29 Å². The maximum absolute atomic E-state index is 9.24. The van der Waals surface area contributed by atoms with Crippen LogP contribution < -0.4 is 0 Å². The second-order valence-corrected chi connectivity index (χ2v) is 3.04. The van der Waals surface area contributed by atoms with Gasteiger partial charge in [0, 0.05) is 6.42 Å². The second kappa shape index (κ2) is 4.50. The summed E-state index contributed by atoms with van der Waals surface area (Å²) in [5.41, 5.74) is 0. The van der Waals surface area contributed by atoms with Gasteiger partial charge in [0.25, 0.3) is 0 Å². The number of aliphatic hydroxyl groups is 3. The van der Waals surface area contributed by atoms with Gasteiger partial charge in [0.2, 0.25) is 0 Å². The van der Waals surface area contributed by atoms with Crippen molar-refractivity contribution in [3.05, 3.63) is 0 Å². The average molecular weight is 243 g/mol. The van der Waals surface area contributed by atoms with Crippen LogP contribution in [0.15, 0.2) is 0 Å². The molecule has 1 saturated heterocycles. The summed E-state index contributed by atoms with van der Waals surface area (Å²) in [6.07, 6.45) is -3.19. The van der Waals surface area contributed by atoms with E-state index in [4.69, 9.17) is 9.84 Å². The fraction of sp³-hybridized carbons (Fsp3) is 1.00. The van der Waals surface area contributed by atoms with Crippen molar-refractivity contribution in [2.75, 3.05) is 6.61 Å². The molecule has 0 saturated carbocycles. The van der Waals surface area contributed by atoms with E-state index in [2.05, 4.69) is 20.1 Å². The summed E-state index contributed by atoms with van der Waals surface area (Å²) in [4.78, 5) is 0. The largest absolute Gasteiger partial charge is 0.394 e. The Hall–Kier alpha value is 0.280. The number of ether oxygens (including phenoxy) is 1. The first-order valence-corrected chi connectivity index (χ1v) is 4.23. The minimum absolute atomic E-state index is 0.183. The molecule has 1 aliphatic heterocycles. The molecule has 0 aromatic carbocycles. The molecule has 1 fully saturated rings. The summed E-state index contributed by atoms with van der Waals surface area (Å²) in [7, 11) is 0. The summed E-state index contributed by atoms with van der Waals surface area (Å²) in [5.74, 6) is 0. The third kappa shape index (κ3) is 2.15. The monoisotopic (exact) mass is 242 g/mol. The number of aliphatic hydroxyl groups excluding tert-OH is 3. The van der Waals surface area contributed by atoms with Crippen LogP contribution >= 0.6 is 16.3 Å². The highest BCUT2D eigenvalue weighted by Gasteiger charge is 2.36. The van der Waals surface area contributed by atoms with Gasteiger partial charge < -0.3 is 20.1 Å². The zero-order chi connectivity index (χ0) is 9.14. The van der Waals surface area contributed by atoms with E-state index in [1.54, 1.807) is 0 Å². The van der Waals surface area contributed by atoms with Crippen molar-refractivity contribution in [1.29, 1.82) is 0 Å². The minimum Gasteiger partial charge on any atom is -0.394 e.